The Morgan fingerprint density at radius 3 is 3.11 bits per heavy atom. The van der Waals surface area contributed by atoms with E-state index in [-0.39, 0.29) is 0 Å². The van der Waals surface area contributed by atoms with Crippen LogP contribution in [0.4, 0.5) is 0 Å². The molecule has 1 N–H and O–H groups in total. The fraction of sp³-hybridized carbons (Fsp3) is 0.385. The molecule has 0 saturated carbocycles. The molecule has 0 aliphatic heterocycles. The van der Waals surface area contributed by atoms with Crippen molar-refractivity contribution >= 4 is 15.9 Å². The highest BCUT2D eigenvalue weighted by Gasteiger charge is 2.00. The van der Waals surface area contributed by atoms with E-state index in [0.717, 1.165) is 29.0 Å². The minimum atomic E-state index is 0.570. The van der Waals surface area contributed by atoms with Crippen LogP contribution in [0.5, 0.6) is 5.75 Å². The summed E-state index contributed by atoms with van der Waals surface area (Å²) in [4.78, 5) is 0. The molecule has 0 unspecified atom stereocenters. The van der Waals surface area contributed by atoms with Crippen molar-refractivity contribution in [2.24, 2.45) is 0 Å². The Bertz CT molecular complexity index is 515. The average molecular weight is 325 g/mol. The van der Waals surface area contributed by atoms with Crippen LogP contribution < -0.4 is 10.1 Å². The van der Waals surface area contributed by atoms with Gasteiger partial charge < -0.3 is 10.1 Å². The maximum absolute atomic E-state index is 5.65. The summed E-state index contributed by atoms with van der Waals surface area (Å²) in [6, 6.07) is 7.79. The number of benzene rings is 1. The van der Waals surface area contributed by atoms with Crippen LogP contribution in [-0.4, -0.2) is 28.1 Å². The molecule has 2 rings (SSSR count). The second-order valence-electron chi connectivity index (χ2n) is 4.06. The number of nitrogens with one attached hydrogen (secondary N) is 1. The molecular formula is C13H17BrN4O. The Kier molecular flexibility index (Phi) is 5.35. The summed E-state index contributed by atoms with van der Waals surface area (Å²) in [5.74, 6) is 0.849. The third-order valence-corrected chi connectivity index (χ3v) is 3.02. The van der Waals surface area contributed by atoms with Crippen molar-refractivity contribution in [2.45, 2.75) is 20.0 Å². The molecule has 0 amide bonds. The van der Waals surface area contributed by atoms with Crippen molar-refractivity contribution in [2.75, 3.05) is 13.2 Å². The SMILES string of the molecule is CCNCc1cn(CCOc2cccc(Br)c2)nn1. The minimum absolute atomic E-state index is 0.570. The van der Waals surface area contributed by atoms with Gasteiger partial charge in [-0.3, -0.25) is 0 Å². The first-order valence-electron chi connectivity index (χ1n) is 6.26. The fourth-order valence-electron chi connectivity index (χ4n) is 1.60. The molecule has 2 aromatic rings. The van der Waals surface area contributed by atoms with Gasteiger partial charge in [0.05, 0.1) is 12.2 Å². The standard InChI is InChI=1S/C13H17BrN4O/c1-2-15-9-12-10-18(17-16-12)6-7-19-13-5-3-4-11(14)8-13/h3-5,8,10,15H,2,6-7,9H2,1H3. The molecule has 1 aromatic heterocycles. The second-order valence-corrected chi connectivity index (χ2v) is 4.97. The van der Waals surface area contributed by atoms with Crippen molar-refractivity contribution in [1.29, 1.82) is 0 Å². The first-order chi connectivity index (χ1) is 9.28. The highest BCUT2D eigenvalue weighted by molar-refractivity contribution is 9.10. The van der Waals surface area contributed by atoms with Crippen LogP contribution in [0.2, 0.25) is 0 Å². The topological polar surface area (TPSA) is 52.0 Å². The van der Waals surface area contributed by atoms with Gasteiger partial charge in [-0.2, -0.15) is 0 Å². The number of rotatable bonds is 7. The Morgan fingerprint density at radius 2 is 2.32 bits per heavy atom. The third kappa shape index (κ3) is 4.65. The lowest BCUT2D eigenvalue weighted by Crippen LogP contribution is -2.12. The van der Waals surface area contributed by atoms with Crippen molar-refractivity contribution in [1.82, 2.24) is 20.3 Å². The van der Waals surface area contributed by atoms with Crippen molar-refractivity contribution in [3.8, 4) is 5.75 Å². The molecule has 6 heteroatoms. The van der Waals surface area contributed by atoms with Crippen LogP contribution in [0.25, 0.3) is 0 Å². The Morgan fingerprint density at radius 1 is 1.42 bits per heavy atom. The highest BCUT2D eigenvalue weighted by Crippen LogP contribution is 2.17. The van der Waals surface area contributed by atoms with E-state index in [1.807, 2.05) is 30.5 Å². The highest BCUT2D eigenvalue weighted by atomic mass is 79.9. The Hall–Kier alpha value is -1.40. The van der Waals surface area contributed by atoms with Crippen molar-refractivity contribution in [3.63, 3.8) is 0 Å². The summed E-state index contributed by atoms with van der Waals surface area (Å²) >= 11 is 3.41. The zero-order valence-electron chi connectivity index (χ0n) is 10.8. The van der Waals surface area contributed by atoms with Gasteiger partial charge in [-0.05, 0) is 24.7 Å². The maximum atomic E-state index is 5.65. The molecule has 0 aliphatic carbocycles. The molecule has 5 nitrogen and oxygen atoms in total. The van der Waals surface area contributed by atoms with Crippen LogP contribution in [0.3, 0.4) is 0 Å². The molecule has 1 aromatic carbocycles. The van der Waals surface area contributed by atoms with Gasteiger partial charge >= 0.3 is 0 Å². The summed E-state index contributed by atoms with van der Waals surface area (Å²) in [5.41, 5.74) is 0.948. The number of aromatic nitrogens is 3. The average Bonchev–Trinajstić information content (AvgIpc) is 2.84. The molecule has 0 saturated heterocycles. The lowest BCUT2D eigenvalue weighted by atomic mass is 10.3. The van der Waals surface area contributed by atoms with Gasteiger partial charge in [0.25, 0.3) is 0 Å². The molecule has 0 aliphatic rings. The number of hydrogen-bond donors (Lipinski definition) is 1. The van der Waals surface area contributed by atoms with Crippen LogP contribution >= 0.6 is 15.9 Å². The number of hydrogen-bond acceptors (Lipinski definition) is 4. The number of nitrogens with zero attached hydrogens (tertiary/aromatic N) is 3. The summed E-state index contributed by atoms with van der Waals surface area (Å²) < 4.78 is 8.46. The van der Waals surface area contributed by atoms with Gasteiger partial charge in [-0.25, -0.2) is 4.68 Å². The first kappa shape index (κ1) is 14.0. The smallest absolute Gasteiger partial charge is 0.120 e. The van der Waals surface area contributed by atoms with Crippen LogP contribution in [-0.2, 0) is 13.1 Å². The summed E-state index contributed by atoms with van der Waals surface area (Å²) in [6.45, 7) is 5.00. The number of ether oxygens (including phenoxy) is 1. The quantitative estimate of drug-likeness (QED) is 0.848. The molecule has 0 bridgehead atoms. The van der Waals surface area contributed by atoms with E-state index < -0.39 is 0 Å². The van der Waals surface area contributed by atoms with E-state index in [1.54, 1.807) is 4.68 Å². The van der Waals surface area contributed by atoms with E-state index in [1.165, 1.54) is 0 Å². The zero-order valence-corrected chi connectivity index (χ0v) is 12.4. The van der Waals surface area contributed by atoms with Gasteiger partial charge in [0, 0.05) is 17.2 Å². The lowest BCUT2D eigenvalue weighted by Gasteiger charge is -2.05. The molecule has 0 spiro atoms. The Balaban J connectivity index is 1.77. The summed E-state index contributed by atoms with van der Waals surface area (Å²) in [6.07, 6.45) is 1.94. The molecular weight excluding hydrogens is 308 g/mol. The van der Waals surface area contributed by atoms with Crippen LogP contribution in [0.15, 0.2) is 34.9 Å². The predicted octanol–water partition coefficient (Wildman–Crippen LogP) is 2.23. The van der Waals surface area contributed by atoms with Gasteiger partial charge in [-0.1, -0.05) is 34.1 Å². The first-order valence-corrected chi connectivity index (χ1v) is 7.05. The lowest BCUT2D eigenvalue weighted by molar-refractivity contribution is 0.289. The van der Waals surface area contributed by atoms with Crippen molar-refractivity contribution < 1.29 is 4.74 Å². The largest absolute Gasteiger partial charge is 0.492 e. The van der Waals surface area contributed by atoms with Crippen LogP contribution in [0, 0.1) is 0 Å². The molecule has 19 heavy (non-hydrogen) atoms. The number of halogens is 1. The van der Waals surface area contributed by atoms with Gasteiger partial charge in [0.1, 0.15) is 12.4 Å². The van der Waals surface area contributed by atoms with E-state index in [4.69, 9.17) is 4.74 Å². The van der Waals surface area contributed by atoms with Crippen molar-refractivity contribution in [3.05, 3.63) is 40.6 Å². The molecule has 102 valence electrons. The van der Waals surface area contributed by atoms with E-state index in [0.29, 0.717) is 13.2 Å². The van der Waals surface area contributed by atoms with E-state index in [9.17, 15) is 0 Å². The molecule has 1 heterocycles. The summed E-state index contributed by atoms with van der Waals surface area (Å²) in [7, 11) is 0. The maximum Gasteiger partial charge on any atom is 0.120 e. The van der Waals surface area contributed by atoms with Gasteiger partial charge in [0.2, 0.25) is 0 Å². The third-order valence-electron chi connectivity index (χ3n) is 2.53. The molecule has 0 atom stereocenters. The monoisotopic (exact) mass is 324 g/mol. The predicted molar refractivity (Wildman–Crippen MR) is 77.0 cm³/mol. The van der Waals surface area contributed by atoms with E-state index in [2.05, 4.69) is 38.5 Å². The van der Waals surface area contributed by atoms with E-state index >= 15 is 0 Å². The zero-order chi connectivity index (χ0) is 13.5. The normalized spacial score (nSPS) is 10.6. The van der Waals surface area contributed by atoms with Gasteiger partial charge in [0.15, 0.2) is 0 Å². The Labute approximate surface area is 121 Å². The second kappa shape index (κ2) is 7.25. The fourth-order valence-corrected chi connectivity index (χ4v) is 1.97. The molecule has 0 radical (unpaired) electrons. The van der Waals surface area contributed by atoms with Crippen LogP contribution in [0.1, 0.15) is 12.6 Å². The minimum Gasteiger partial charge on any atom is -0.492 e. The molecule has 0 fully saturated rings. The van der Waals surface area contributed by atoms with Gasteiger partial charge in [-0.15, -0.1) is 5.10 Å². The summed E-state index contributed by atoms with van der Waals surface area (Å²) in [5, 5.41) is 11.3.